The zero-order valence-electron chi connectivity index (χ0n) is 18.5. The number of ether oxygens (including phenoxy) is 3. The lowest BCUT2D eigenvalue weighted by Crippen LogP contribution is -2.39. The van der Waals surface area contributed by atoms with Crippen molar-refractivity contribution in [1.82, 2.24) is 4.57 Å². The largest absolute Gasteiger partial charge is 0.492 e. The van der Waals surface area contributed by atoms with E-state index in [0.717, 1.165) is 27.1 Å². The molecule has 0 spiro atoms. The van der Waals surface area contributed by atoms with Crippen molar-refractivity contribution in [2.24, 2.45) is 5.18 Å². The first kappa shape index (κ1) is 23.5. The maximum absolute atomic E-state index is 12.4. The fraction of sp³-hybridized carbons (Fsp3) is 0.391. The number of hydrogen-bond donors (Lipinski definition) is 0. The molecule has 1 atom stereocenters. The van der Waals surface area contributed by atoms with Crippen LogP contribution in [0.25, 0.3) is 10.2 Å². The van der Waals surface area contributed by atoms with Crippen molar-refractivity contribution in [3.05, 3.63) is 62.6 Å². The minimum atomic E-state index is -1.10. The molecular formula is C23H26N2O6S. The van der Waals surface area contributed by atoms with Crippen molar-refractivity contribution in [3.63, 3.8) is 0 Å². The van der Waals surface area contributed by atoms with Crippen LogP contribution in [0.4, 0.5) is 0 Å². The molecule has 0 saturated carbocycles. The summed E-state index contributed by atoms with van der Waals surface area (Å²) in [5.74, 6) is 0.704. The molecule has 0 aliphatic heterocycles. The van der Waals surface area contributed by atoms with Gasteiger partial charge in [-0.05, 0) is 69.7 Å². The number of aromatic nitrogens is 1. The van der Waals surface area contributed by atoms with E-state index < -0.39 is 17.6 Å². The summed E-state index contributed by atoms with van der Waals surface area (Å²) >= 11 is 1.13. The van der Waals surface area contributed by atoms with Gasteiger partial charge in [0.25, 0.3) is 0 Å². The van der Waals surface area contributed by atoms with E-state index in [0.29, 0.717) is 24.7 Å². The molecule has 0 fully saturated rings. The topological polar surface area (TPSA) is 96.2 Å². The number of esters is 1. The molecule has 1 unspecified atom stereocenters. The molecule has 170 valence electrons. The van der Waals surface area contributed by atoms with Gasteiger partial charge >= 0.3 is 10.8 Å². The van der Waals surface area contributed by atoms with Crippen LogP contribution in [0.3, 0.4) is 0 Å². The highest BCUT2D eigenvalue weighted by Crippen LogP contribution is 2.25. The third-order valence-electron chi connectivity index (χ3n) is 4.88. The number of hydrogen-bond acceptors (Lipinski definition) is 8. The van der Waals surface area contributed by atoms with Crippen molar-refractivity contribution in [2.75, 3.05) is 13.2 Å². The molecule has 0 N–H and O–H groups in total. The van der Waals surface area contributed by atoms with Crippen molar-refractivity contribution in [2.45, 2.75) is 45.9 Å². The summed E-state index contributed by atoms with van der Waals surface area (Å²) in [4.78, 5) is 35.0. The Morgan fingerprint density at radius 3 is 2.50 bits per heavy atom. The molecule has 2 aromatic carbocycles. The molecule has 9 heteroatoms. The number of carbonyl (C=O) groups is 1. The maximum atomic E-state index is 12.4. The first-order valence-electron chi connectivity index (χ1n) is 10.3. The first-order valence-corrected chi connectivity index (χ1v) is 11.1. The molecule has 0 amide bonds. The average molecular weight is 459 g/mol. The Kier molecular flexibility index (Phi) is 7.29. The van der Waals surface area contributed by atoms with Crippen LogP contribution in [-0.2, 0) is 16.1 Å². The van der Waals surface area contributed by atoms with E-state index in [1.807, 2.05) is 18.2 Å². The van der Waals surface area contributed by atoms with Crippen molar-refractivity contribution >= 4 is 27.5 Å². The summed E-state index contributed by atoms with van der Waals surface area (Å²) in [7, 11) is 0. The Morgan fingerprint density at radius 1 is 1.16 bits per heavy atom. The lowest BCUT2D eigenvalue weighted by Gasteiger charge is -2.24. The highest BCUT2D eigenvalue weighted by atomic mass is 32.1. The smallest absolute Gasteiger partial charge is 0.349 e. The summed E-state index contributed by atoms with van der Waals surface area (Å²) in [6, 6.07) is 11.9. The Balaban J connectivity index is 1.61. The number of carbonyl (C=O) groups excluding carboxylic acids is 1. The quantitative estimate of drug-likeness (QED) is 0.323. The number of nitroso groups, excluding NO2 is 1. The van der Waals surface area contributed by atoms with Crippen LogP contribution in [-0.4, -0.2) is 29.4 Å². The lowest BCUT2D eigenvalue weighted by atomic mass is 10.1. The van der Waals surface area contributed by atoms with Crippen LogP contribution in [0.15, 0.2) is 52.4 Å². The van der Waals surface area contributed by atoms with Gasteiger partial charge in [-0.25, -0.2) is 4.79 Å². The van der Waals surface area contributed by atoms with E-state index in [-0.39, 0.29) is 11.5 Å². The third-order valence-corrected chi connectivity index (χ3v) is 5.82. The van der Waals surface area contributed by atoms with Gasteiger partial charge in [-0.2, -0.15) is 4.91 Å². The summed E-state index contributed by atoms with van der Waals surface area (Å²) in [6.07, 6.45) is 0. The van der Waals surface area contributed by atoms with Crippen LogP contribution in [0, 0.1) is 4.91 Å². The zero-order valence-corrected chi connectivity index (χ0v) is 19.3. The van der Waals surface area contributed by atoms with E-state index in [1.165, 1.54) is 0 Å². The predicted molar refractivity (Wildman–Crippen MR) is 124 cm³/mol. The van der Waals surface area contributed by atoms with Gasteiger partial charge in [0, 0.05) is 0 Å². The minimum Gasteiger partial charge on any atom is -0.492 e. The number of benzene rings is 2. The summed E-state index contributed by atoms with van der Waals surface area (Å²) in [5.41, 5.74) is 0.486. The molecule has 1 heterocycles. The van der Waals surface area contributed by atoms with E-state index in [4.69, 9.17) is 14.2 Å². The number of nitrogens with zero attached hydrogens (tertiary/aromatic N) is 2. The molecular weight excluding hydrogens is 432 g/mol. The minimum absolute atomic E-state index is 0.0857. The molecule has 0 saturated heterocycles. The number of rotatable bonds is 10. The monoisotopic (exact) mass is 458 g/mol. The predicted octanol–water partition coefficient (Wildman–Crippen LogP) is 4.69. The van der Waals surface area contributed by atoms with Crippen LogP contribution in [0.5, 0.6) is 11.5 Å². The van der Waals surface area contributed by atoms with E-state index in [9.17, 15) is 14.5 Å². The second-order valence-corrected chi connectivity index (χ2v) is 8.67. The molecule has 8 nitrogen and oxygen atoms in total. The Bertz CT molecular complexity index is 1150. The van der Waals surface area contributed by atoms with Crippen LogP contribution in [0.2, 0.25) is 0 Å². The second kappa shape index (κ2) is 9.95. The van der Waals surface area contributed by atoms with Crippen molar-refractivity contribution in [3.8, 4) is 11.5 Å². The molecule has 0 aliphatic carbocycles. The maximum Gasteiger partial charge on any atom is 0.349 e. The fourth-order valence-corrected chi connectivity index (χ4v) is 4.08. The SMILES string of the molecule is CCOC(=O)C(C)(C)Oc1ccc(OCCn2c(=O)sc3cc(C(C)N=O)ccc32)cc1. The summed E-state index contributed by atoms with van der Waals surface area (Å²) in [6.45, 7) is 7.74. The standard InChI is InChI=1S/C23H26N2O6S/c1-5-29-21(26)23(3,4)31-18-9-7-17(8-10-18)30-13-12-25-19-11-6-16(15(2)24-28)14-20(19)32-22(25)27/h6-11,14-15H,5,12-13H2,1-4H3. The highest BCUT2D eigenvalue weighted by molar-refractivity contribution is 7.16. The van der Waals surface area contributed by atoms with Gasteiger partial charge in [0.2, 0.25) is 0 Å². The zero-order chi connectivity index (χ0) is 23.3. The molecule has 3 rings (SSSR count). The second-order valence-electron chi connectivity index (χ2n) is 7.68. The molecule has 0 bridgehead atoms. The van der Waals surface area contributed by atoms with E-state index in [2.05, 4.69) is 5.18 Å². The van der Waals surface area contributed by atoms with Gasteiger partial charge in [0.15, 0.2) is 5.60 Å². The number of thiazole rings is 1. The molecule has 0 aliphatic rings. The van der Waals surface area contributed by atoms with E-state index >= 15 is 0 Å². The first-order chi connectivity index (χ1) is 15.2. The lowest BCUT2D eigenvalue weighted by molar-refractivity contribution is -0.158. The molecule has 32 heavy (non-hydrogen) atoms. The van der Waals surface area contributed by atoms with Crippen LogP contribution in [0.1, 0.15) is 39.3 Å². The Morgan fingerprint density at radius 2 is 1.84 bits per heavy atom. The van der Waals surface area contributed by atoms with Crippen LogP contribution >= 0.6 is 11.3 Å². The Hall–Kier alpha value is -3.20. The van der Waals surface area contributed by atoms with E-state index in [1.54, 1.807) is 56.5 Å². The van der Waals surface area contributed by atoms with Crippen molar-refractivity contribution < 1.29 is 19.0 Å². The number of fused-ring (bicyclic) bond motifs is 1. The molecule has 1 aromatic heterocycles. The third kappa shape index (κ3) is 5.34. The van der Waals surface area contributed by atoms with Gasteiger partial charge in [0.1, 0.15) is 24.1 Å². The summed E-state index contributed by atoms with van der Waals surface area (Å²) < 4.78 is 19.0. The van der Waals surface area contributed by atoms with Gasteiger partial charge in [-0.15, -0.1) is 0 Å². The Labute approximate surface area is 189 Å². The van der Waals surface area contributed by atoms with Gasteiger partial charge < -0.3 is 14.2 Å². The highest BCUT2D eigenvalue weighted by Gasteiger charge is 2.31. The average Bonchev–Trinajstić information content (AvgIpc) is 3.08. The van der Waals surface area contributed by atoms with Gasteiger partial charge in [-0.1, -0.05) is 22.6 Å². The van der Waals surface area contributed by atoms with Crippen molar-refractivity contribution in [1.29, 1.82) is 0 Å². The molecule has 0 radical (unpaired) electrons. The molecule has 3 aromatic rings. The normalized spacial score (nSPS) is 12.4. The summed E-state index contributed by atoms with van der Waals surface area (Å²) in [5, 5.41) is 3.04. The van der Waals surface area contributed by atoms with Crippen LogP contribution < -0.4 is 14.3 Å². The van der Waals surface area contributed by atoms with Gasteiger partial charge in [0.05, 0.1) is 23.4 Å². The fourth-order valence-electron chi connectivity index (χ4n) is 3.12. The van der Waals surface area contributed by atoms with Gasteiger partial charge in [-0.3, -0.25) is 9.36 Å².